The number of aliphatic hydroxyl groups excluding tert-OH is 1. The lowest BCUT2D eigenvalue weighted by Crippen LogP contribution is -2.38. The van der Waals surface area contributed by atoms with E-state index >= 15 is 0 Å². The van der Waals surface area contributed by atoms with Gasteiger partial charge in [0.05, 0.1) is 5.41 Å². The minimum absolute atomic E-state index is 0.126. The summed E-state index contributed by atoms with van der Waals surface area (Å²) in [5, 5.41) is 12.0. The van der Waals surface area contributed by atoms with Gasteiger partial charge in [0, 0.05) is 11.3 Å². The highest BCUT2D eigenvalue weighted by Gasteiger charge is 2.56. The van der Waals surface area contributed by atoms with Crippen molar-refractivity contribution in [3.63, 3.8) is 0 Å². The molecule has 0 spiro atoms. The number of thiol groups is 1. The number of unbranched alkanes of at least 4 members (excludes halogenated alkanes) is 1. The molecule has 4 N–H and O–H groups in total. The Morgan fingerprint density at radius 2 is 2.00 bits per heavy atom. The number of aliphatic hydroxyl groups is 1. The van der Waals surface area contributed by atoms with Crippen LogP contribution in [0.5, 0.6) is 0 Å². The van der Waals surface area contributed by atoms with Gasteiger partial charge in [0.25, 0.3) is 0 Å². The maximum atomic E-state index is 12.2. The van der Waals surface area contributed by atoms with Crippen LogP contribution in [-0.4, -0.2) is 28.5 Å². The molecule has 0 aromatic carbocycles. The minimum Gasteiger partial charge on any atom is -0.379 e. The van der Waals surface area contributed by atoms with Crippen molar-refractivity contribution in [1.29, 1.82) is 0 Å². The maximum Gasteiger partial charge on any atom is 0.226 e. The SMILES string of the molecule is NC(O)CCCCNC(=O)C12CCC(S)(CC1)C2. The van der Waals surface area contributed by atoms with Crippen molar-refractivity contribution in [2.75, 3.05) is 6.54 Å². The van der Waals surface area contributed by atoms with E-state index in [-0.39, 0.29) is 16.1 Å². The summed E-state index contributed by atoms with van der Waals surface area (Å²) in [4.78, 5) is 12.2. The standard InChI is InChI=1S/C13H24N2O2S/c14-10(16)3-1-2-8-15-11(17)12-4-6-13(18,9-12)7-5-12/h10,16,18H,1-9,14H2,(H,15,17). The average Bonchev–Trinajstić information content (AvgIpc) is 2.82. The van der Waals surface area contributed by atoms with Crippen molar-refractivity contribution in [1.82, 2.24) is 5.32 Å². The van der Waals surface area contributed by atoms with Crippen molar-refractivity contribution in [3.8, 4) is 0 Å². The second-order valence-corrected chi connectivity index (χ2v) is 6.95. The number of nitrogens with one attached hydrogen (secondary N) is 1. The van der Waals surface area contributed by atoms with Crippen LogP contribution >= 0.6 is 12.6 Å². The highest BCUT2D eigenvalue weighted by atomic mass is 32.1. The lowest BCUT2D eigenvalue weighted by atomic mass is 9.83. The Hall–Kier alpha value is -0.260. The topological polar surface area (TPSA) is 75.3 Å². The fourth-order valence-corrected chi connectivity index (χ4v) is 3.88. The zero-order valence-electron chi connectivity index (χ0n) is 10.8. The third-order valence-electron chi connectivity index (χ3n) is 4.50. The van der Waals surface area contributed by atoms with E-state index < -0.39 is 6.23 Å². The molecular weight excluding hydrogens is 248 g/mol. The Bertz CT molecular complexity index is 312. The molecule has 2 saturated carbocycles. The Morgan fingerprint density at radius 3 is 2.50 bits per heavy atom. The molecule has 4 nitrogen and oxygen atoms in total. The van der Waals surface area contributed by atoms with Crippen molar-refractivity contribution in [2.24, 2.45) is 11.1 Å². The molecule has 104 valence electrons. The summed E-state index contributed by atoms with van der Waals surface area (Å²) < 4.78 is 0.126. The molecule has 2 fully saturated rings. The molecule has 2 bridgehead atoms. The largest absolute Gasteiger partial charge is 0.379 e. The molecule has 0 saturated heterocycles. The number of rotatable bonds is 6. The van der Waals surface area contributed by atoms with Crippen LogP contribution in [0, 0.1) is 5.41 Å². The average molecular weight is 272 g/mol. The summed E-state index contributed by atoms with van der Waals surface area (Å²) in [6.45, 7) is 0.687. The normalized spacial score (nSPS) is 35.7. The van der Waals surface area contributed by atoms with Gasteiger partial charge in [-0.2, -0.15) is 12.6 Å². The summed E-state index contributed by atoms with van der Waals surface area (Å²) in [6, 6.07) is 0. The van der Waals surface area contributed by atoms with E-state index in [9.17, 15) is 4.79 Å². The van der Waals surface area contributed by atoms with Crippen LogP contribution < -0.4 is 11.1 Å². The van der Waals surface area contributed by atoms with Gasteiger partial charge in [-0.3, -0.25) is 4.79 Å². The monoisotopic (exact) mass is 272 g/mol. The third-order valence-corrected chi connectivity index (χ3v) is 5.10. The molecule has 0 aromatic rings. The maximum absolute atomic E-state index is 12.2. The van der Waals surface area contributed by atoms with Crippen LogP contribution in [-0.2, 0) is 4.79 Å². The van der Waals surface area contributed by atoms with E-state index in [0.29, 0.717) is 13.0 Å². The van der Waals surface area contributed by atoms with Crippen LogP contribution in [0.25, 0.3) is 0 Å². The summed E-state index contributed by atoms with van der Waals surface area (Å²) in [5.74, 6) is 0.212. The third kappa shape index (κ3) is 3.00. The molecule has 1 unspecified atom stereocenters. The lowest BCUT2D eigenvalue weighted by Gasteiger charge is -2.25. The molecular formula is C13H24N2O2S. The first-order chi connectivity index (χ1) is 8.46. The molecule has 0 aliphatic heterocycles. The zero-order chi connectivity index (χ0) is 13.2. The molecule has 2 aliphatic carbocycles. The first kappa shape index (κ1) is 14.2. The molecule has 5 heteroatoms. The number of hydrogen-bond donors (Lipinski definition) is 4. The van der Waals surface area contributed by atoms with Gasteiger partial charge < -0.3 is 16.2 Å². The van der Waals surface area contributed by atoms with Gasteiger partial charge in [-0.05, 0) is 51.4 Å². The Morgan fingerprint density at radius 1 is 1.33 bits per heavy atom. The van der Waals surface area contributed by atoms with Gasteiger partial charge >= 0.3 is 0 Å². The van der Waals surface area contributed by atoms with Gasteiger partial charge in [-0.1, -0.05) is 0 Å². The zero-order valence-corrected chi connectivity index (χ0v) is 11.7. The Kier molecular flexibility index (Phi) is 4.24. The van der Waals surface area contributed by atoms with Crippen molar-refractivity contribution >= 4 is 18.5 Å². The highest BCUT2D eigenvalue weighted by molar-refractivity contribution is 7.81. The van der Waals surface area contributed by atoms with E-state index in [4.69, 9.17) is 23.5 Å². The van der Waals surface area contributed by atoms with Crippen molar-refractivity contribution in [3.05, 3.63) is 0 Å². The number of hydrogen-bond acceptors (Lipinski definition) is 4. The lowest BCUT2D eigenvalue weighted by molar-refractivity contribution is -0.130. The molecule has 0 heterocycles. The number of fused-ring (bicyclic) bond motifs is 2. The van der Waals surface area contributed by atoms with E-state index in [1.807, 2.05) is 0 Å². The van der Waals surface area contributed by atoms with E-state index in [2.05, 4.69) is 5.32 Å². The van der Waals surface area contributed by atoms with E-state index in [1.54, 1.807) is 0 Å². The number of carbonyl (C=O) groups excluding carboxylic acids is 1. The molecule has 1 atom stereocenters. The van der Waals surface area contributed by atoms with Crippen LogP contribution in [0.2, 0.25) is 0 Å². The van der Waals surface area contributed by atoms with Gasteiger partial charge in [-0.25, -0.2) is 0 Å². The summed E-state index contributed by atoms with van der Waals surface area (Å²) in [7, 11) is 0. The van der Waals surface area contributed by atoms with Gasteiger partial charge in [0.15, 0.2) is 0 Å². The second kappa shape index (κ2) is 5.39. The van der Waals surface area contributed by atoms with Gasteiger partial charge in [0.2, 0.25) is 5.91 Å². The van der Waals surface area contributed by atoms with Crippen LogP contribution in [0.3, 0.4) is 0 Å². The molecule has 1 amide bonds. The quantitative estimate of drug-likeness (QED) is 0.333. The Labute approximate surface area is 114 Å². The minimum atomic E-state index is -0.728. The van der Waals surface area contributed by atoms with Crippen LogP contribution in [0.1, 0.15) is 51.4 Å². The fourth-order valence-electron chi connectivity index (χ4n) is 3.35. The predicted molar refractivity (Wildman–Crippen MR) is 74.3 cm³/mol. The molecule has 0 radical (unpaired) electrons. The van der Waals surface area contributed by atoms with Crippen LogP contribution in [0.4, 0.5) is 0 Å². The van der Waals surface area contributed by atoms with Crippen molar-refractivity contribution in [2.45, 2.75) is 62.3 Å². The number of carbonyl (C=O) groups is 1. The van der Waals surface area contributed by atoms with Crippen molar-refractivity contribution < 1.29 is 9.90 Å². The summed E-state index contributed by atoms with van der Waals surface area (Å²) >= 11 is 4.70. The molecule has 2 rings (SSSR count). The van der Waals surface area contributed by atoms with Crippen LogP contribution in [0.15, 0.2) is 0 Å². The van der Waals surface area contributed by atoms with E-state index in [1.165, 1.54) is 0 Å². The fraction of sp³-hybridized carbons (Fsp3) is 0.923. The molecule has 18 heavy (non-hydrogen) atoms. The molecule has 0 aromatic heterocycles. The summed E-state index contributed by atoms with van der Waals surface area (Å²) in [6.07, 6.45) is 6.66. The first-order valence-corrected chi connectivity index (χ1v) is 7.35. The number of amides is 1. The molecule has 2 aliphatic rings. The highest BCUT2D eigenvalue weighted by Crippen LogP contribution is 2.59. The summed E-state index contributed by atoms with van der Waals surface area (Å²) in [5.41, 5.74) is 5.13. The van der Waals surface area contributed by atoms with Gasteiger partial charge in [-0.15, -0.1) is 0 Å². The predicted octanol–water partition coefficient (Wildman–Crippen LogP) is 1.18. The van der Waals surface area contributed by atoms with E-state index in [0.717, 1.165) is 44.9 Å². The number of nitrogens with two attached hydrogens (primary N) is 1. The second-order valence-electron chi connectivity index (χ2n) is 6.00. The first-order valence-electron chi connectivity index (χ1n) is 6.90. The van der Waals surface area contributed by atoms with Gasteiger partial charge in [0.1, 0.15) is 6.23 Å². The smallest absolute Gasteiger partial charge is 0.226 e. The Balaban J connectivity index is 1.70.